The van der Waals surface area contributed by atoms with Crippen molar-refractivity contribution in [2.24, 2.45) is 5.73 Å². The lowest BCUT2D eigenvalue weighted by molar-refractivity contribution is 0.324. The van der Waals surface area contributed by atoms with Crippen molar-refractivity contribution in [3.63, 3.8) is 0 Å². The van der Waals surface area contributed by atoms with Crippen molar-refractivity contribution in [2.75, 3.05) is 0 Å². The van der Waals surface area contributed by atoms with E-state index in [-0.39, 0.29) is 5.54 Å². The van der Waals surface area contributed by atoms with Crippen molar-refractivity contribution in [3.8, 4) is 0 Å². The van der Waals surface area contributed by atoms with Crippen LogP contribution < -0.4 is 5.73 Å². The Hall–Kier alpha value is -0.0400. The third-order valence-corrected chi connectivity index (χ3v) is 9.01. The molecule has 0 radical (unpaired) electrons. The molecule has 0 aromatic heterocycles. The Bertz CT molecular complexity index is 405. The van der Waals surface area contributed by atoms with Crippen LogP contribution in [-0.2, 0) is 0 Å². The molecule has 1 nitrogen and oxygen atoms in total. The van der Waals surface area contributed by atoms with E-state index < -0.39 is 0 Å². The van der Waals surface area contributed by atoms with Crippen LogP contribution in [0.2, 0.25) is 0 Å². The third-order valence-electron chi connectivity index (χ3n) is 9.01. The van der Waals surface area contributed by atoms with Crippen molar-refractivity contribution in [2.45, 2.75) is 232 Å². The van der Waals surface area contributed by atoms with E-state index in [9.17, 15) is 0 Å². The molecular formula is C36H75N. The van der Waals surface area contributed by atoms with Crippen molar-refractivity contribution in [1.29, 1.82) is 0 Å². The first-order chi connectivity index (χ1) is 18.2. The Kier molecular flexibility index (Phi) is 30.5. The SMILES string of the molecule is CCCCCCCCCCCCCCCCCC(N)(CC)CCCCCCCCCCCCCCCC. The second-order valence-electron chi connectivity index (χ2n) is 12.8. The van der Waals surface area contributed by atoms with E-state index in [1.54, 1.807) is 0 Å². The van der Waals surface area contributed by atoms with E-state index in [0.717, 1.165) is 6.42 Å². The van der Waals surface area contributed by atoms with E-state index in [1.807, 2.05) is 0 Å². The molecule has 37 heavy (non-hydrogen) atoms. The van der Waals surface area contributed by atoms with Gasteiger partial charge in [-0.05, 0) is 19.3 Å². The van der Waals surface area contributed by atoms with E-state index >= 15 is 0 Å². The zero-order valence-electron chi connectivity index (χ0n) is 26.7. The summed E-state index contributed by atoms with van der Waals surface area (Å²) in [5.41, 5.74) is 6.92. The summed E-state index contributed by atoms with van der Waals surface area (Å²) in [6.07, 6.45) is 45.4. The number of unbranched alkanes of at least 4 members (excludes halogenated alkanes) is 27. The van der Waals surface area contributed by atoms with Gasteiger partial charge in [-0.15, -0.1) is 0 Å². The van der Waals surface area contributed by atoms with Crippen molar-refractivity contribution < 1.29 is 0 Å². The van der Waals surface area contributed by atoms with Crippen LogP contribution in [0, 0.1) is 0 Å². The monoisotopic (exact) mass is 522 g/mol. The molecule has 0 aliphatic heterocycles. The van der Waals surface area contributed by atoms with Crippen LogP contribution in [0.5, 0.6) is 0 Å². The second kappa shape index (κ2) is 30.5. The quantitative estimate of drug-likeness (QED) is 0.0875. The molecule has 0 heterocycles. The fraction of sp³-hybridized carbons (Fsp3) is 1.00. The number of hydrogen-bond acceptors (Lipinski definition) is 1. The molecule has 224 valence electrons. The topological polar surface area (TPSA) is 26.0 Å². The highest BCUT2D eigenvalue weighted by Gasteiger charge is 2.21. The maximum absolute atomic E-state index is 6.80. The minimum Gasteiger partial charge on any atom is -0.325 e. The van der Waals surface area contributed by atoms with Gasteiger partial charge < -0.3 is 5.73 Å². The average Bonchev–Trinajstić information content (AvgIpc) is 2.91. The Morgan fingerprint density at radius 3 is 0.676 bits per heavy atom. The first kappa shape index (κ1) is 37.0. The van der Waals surface area contributed by atoms with Crippen molar-refractivity contribution >= 4 is 0 Å². The molecule has 1 unspecified atom stereocenters. The van der Waals surface area contributed by atoms with Crippen LogP contribution in [0.4, 0.5) is 0 Å². The summed E-state index contributed by atoms with van der Waals surface area (Å²) in [6.45, 7) is 6.92. The van der Waals surface area contributed by atoms with E-state index in [1.165, 1.54) is 199 Å². The lowest BCUT2D eigenvalue weighted by atomic mass is 9.85. The summed E-state index contributed by atoms with van der Waals surface area (Å²) < 4.78 is 0. The average molecular weight is 522 g/mol. The standard InChI is InChI=1S/C36H75N/c1-4-7-9-11-13-15-17-19-21-23-25-27-29-31-33-35-36(37,6-3)34-32-30-28-26-24-22-20-18-16-14-12-10-8-5-2/h4-35,37H2,1-3H3. The Morgan fingerprint density at radius 2 is 0.486 bits per heavy atom. The molecule has 1 heteroatoms. The van der Waals surface area contributed by atoms with Crippen LogP contribution >= 0.6 is 0 Å². The highest BCUT2D eigenvalue weighted by Crippen LogP contribution is 2.24. The van der Waals surface area contributed by atoms with Gasteiger partial charge >= 0.3 is 0 Å². The molecular weight excluding hydrogens is 446 g/mol. The highest BCUT2D eigenvalue weighted by molar-refractivity contribution is 4.82. The van der Waals surface area contributed by atoms with Gasteiger partial charge in [-0.2, -0.15) is 0 Å². The summed E-state index contributed by atoms with van der Waals surface area (Å²) in [6, 6.07) is 0. The van der Waals surface area contributed by atoms with Crippen LogP contribution in [-0.4, -0.2) is 5.54 Å². The first-order valence-electron chi connectivity index (χ1n) is 18.0. The van der Waals surface area contributed by atoms with Gasteiger partial charge in [0.15, 0.2) is 0 Å². The Morgan fingerprint density at radius 1 is 0.297 bits per heavy atom. The molecule has 0 amide bonds. The maximum atomic E-state index is 6.80. The molecule has 0 saturated carbocycles. The summed E-state index contributed by atoms with van der Waals surface area (Å²) >= 11 is 0. The molecule has 0 fully saturated rings. The van der Waals surface area contributed by atoms with Gasteiger partial charge in [0.25, 0.3) is 0 Å². The molecule has 2 N–H and O–H groups in total. The minimum atomic E-state index is 0.119. The second-order valence-corrected chi connectivity index (χ2v) is 12.8. The third kappa shape index (κ3) is 28.8. The van der Waals surface area contributed by atoms with E-state index in [0.29, 0.717) is 0 Å². The lowest BCUT2D eigenvalue weighted by Crippen LogP contribution is -2.38. The van der Waals surface area contributed by atoms with Crippen molar-refractivity contribution in [1.82, 2.24) is 0 Å². The largest absolute Gasteiger partial charge is 0.325 e. The van der Waals surface area contributed by atoms with Crippen molar-refractivity contribution in [3.05, 3.63) is 0 Å². The van der Waals surface area contributed by atoms with Gasteiger partial charge in [0.2, 0.25) is 0 Å². The van der Waals surface area contributed by atoms with E-state index in [4.69, 9.17) is 5.73 Å². The number of nitrogens with two attached hydrogens (primary N) is 1. The molecule has 1 atom stereocenters. The first-order valence-corrected chi connectivity index (χ1v) is 18.0. The molecule has 0 aliphatic carbocycles. The van der Waals surface area contributed by atoms with Gasteiger partial charge in [0.1, 0.15) is 0 Å². The predicted octanol–water partition coefficient (Wildman–Crippen LogP) is 13.2. The van der Waals surface area contributed by atoms with Crippen LogP contribution in [0.15, 0.2) is 0 Å². The molecule has 0 aliphatic rings. The van der Waals surface area contributed by atoms with Gasteiger partial charge in [0.05, 0.1) is 0 Å². The minimum absolute atomic E-state index is 0.119. The molecule has 0 aromatic carbocycles. The fourth-order valence-corrected chi connectivity index (χ4v) is 6.00. The molecule has 0 aromatic rings. The summed E-state index contributed by atoms with van der Waals surface area (Å²) in [5, 5.41) is 0. The molecule has 0 saturated heterocycles. The van der Waals surface area contributed by atoms with Crippen LogP contribution in [0.25, 0.3) is 0 Å². The van der Waals surface area contributed by atoms with Crippen LogP contribution in [0.1, 0.15) is 226 Å². The zero-order chi connectivity index (χ0) is 27.1. The molecule has 0 rings (SSSR count). The highest BCUT2D eigenvalue weighted by atomic mass is 14.7. The number of hydrogen-bond donors (Lipinski definition) is 1. The fourth-order valence-electron chi connectivity index (χ4n) is 6.00. The van der Waals surface area contributed by atoms with Gasteiger partial charge in [-0.3, -0.25) is 0 Å². The lowest BCUT2D eigenvalue weighted by Gasteiger charge is -2.28. The summed E-state index contributed by atoms with van der Waals surface area (Å²) in [5.74, 6) is 0. The summed E-state index contributed by atoms with van der Waals surface area (Å²) in [7, 11) is 0. The van der Waals surface area contributed by atoms with E-state index in [2.05, 4.69) is 20.8 Å². The smallest absolute Gasteiger partial charge is 0.0151 e. The zero-order valence-corrected chi connectivity index (χ0v) is 26.7. The normalized spacial score (nSPS) is 13.3. The van der Waals surface area contributed by atoms with Gasteiger partial charge in [-0.25, -0.2) is 0 Å². The van der Waals surface area contributed by atoms with Gasteiger partial charge in [-0.1, -0.05) is 207 Å². The Balaban J connectivity index is 3.40. The molecule has 0 spiro atoms. The summed E-state index contributed by atoms with van der Waals surface area (Å²) in [4.78, 5) is 0. The predicted molar refractivity (Wildman–Crippen MR) is 172 cm³/mol. The number of rotatable bonds is 32. The maximum Gasteiger partial charge on any atom is 0.0151 e. The van der Waals surface area contributed by atoms with Crippen LogP contribution in [0.3, 0.4) is 0 Å². The Labute approximate surface area is 237 Å². The van der Waals surface area contributed by atoms with Gasteiger partial charge in [0, 0.05) is 5.54 Å². The molecule has 0 bridgehead atoms.